The Hall–Kier alpha value is -3.64. The molecule has 0 spiro atoms. The SMILES string of the molecule is CCCCNc1cc(C(=O)OCOC(=O)COC(C)=O)cc(S(N)(=O)=O)c1Oc1ccccc1. The average Bonchev–Trinajstić information content (AvgIpc) is 2.78. The molecule has 0 aliphatic rings. The lowest BCUT2D eigenvalue weighted by molar-refractivity contribution is -0.163. The van der Waals surface area contributed by atoms with Gasteiger partial charge in [0.15, 0.2) is 12.4 Å². The minimum Gasteiger partial charge on any atom is -0.454 e. The summed E-state index contributed by atoms with van der Waals surface area (Å²) in [4.78, 5) is 34.2. The summed E-state index contributed by atoms with van der Waals surface area (Å²) in [5.74, 6) is -2.29. The van der Waals surface area contributed by atoms with E-state index in [1.54, 1.807) is 30.3 Å². The van der Waals surface area contributed by atoms with E-state index >= 15 is 0 Å². The van der Waals surface area contributed by atoms with Crippen molar-refractivity contribution in [3.63, 3.8) is 0 Å². The lowest BCUT2D eigenvalue weighted by atomic mass is 10.1. The van der Waals surface area contributed by atoms with Gasteiger partial charge in [0.2, 0.25) is 16.8 Å². The van der Waals surface area contributed by atoms with Crippen LogP contribution in [-0.2, 0) is 33.8 Å². The van der Waals surface area contributed by atoms with Crippen molar-refractivity contribution in [1.82, 2.24) is 0 Å². The fourth-order valence-electron chi connectivity index (χ4n) is 2.61. The number of primary sulfonamides is 1. The molecule has 11 nitrogen and oxygen atoms in total. The van der Waals surface area contributed by atoms with Crippen molar-refractivity contribution in [2.24, 2.45) is 5.14 Å². The van der Waals surface area contributed by atoms with Gasteiger partial charge in [-0.05, 0) is 30.7 Å². The van der Waals surface area contributed by atoms with Crippen LogP contribution in [0.25, 0.3) is 0 Å². The van der Waals surface area contributed by atoms with Gasteiger partial charge in [0.1, 0.15) is 10.6 Å². The second-order valence-corrected chi connectivity index (χ2v) is 8.47. The molecule has 34 heavy (non-hydrogen) atoms. The van der Waals surface area contributed by atoms with E-state index in [0.717, 1.165) is 25.8 Å². The van der Waals surface area contributed by atoms with Crippen molar-refractivity contribution in [2.75, 3.05) is 25.3 Å². The van der Waals surface area contributed by atoms with Crippen molar-refractivity contribution in [3.8, 4) is 11.5 Å². The number of carbonyl (C=O) groups excluding carboxylic acids is 3. The van der Waals surface area contributed by atoms with Gasteiger partial charge in [-0.3, -0.25) is 4.79 Å². The van der Waals surface area contributed by atoms with Gasteiger partial charge in [0, 0.05) is 13.5 Å². The first kappa shape index (κ1) is 26.6. The van der Waals surface area contributed by atoms with Gasteiger partial charge in [0.05, 0.1) is 11.3 Å². The first-order chi connectivity index (χ1) is 16.1. The topological polar surface area (TPSA) is 160 Å². The van der Waals surface area contributed by atoms with E-state index in [-0.39, 0.29) is 17.0 Å². The van der Waals surface area contributed by atoms with Crippen LogP contribution in [0.1, 0.15) is 37.0 Å². The Morgan fingerprint density at radius 2 is 1.74 bits per heavy atom. The van der Waals surface area contributed by atoms with E-state index in [2.05, 4.69) is 14.8 Å². The standard InChI is InChI=1S/C22H26N2O9S/c1-3-4-10-24-18-11-16(22(27)32-14-31-20(26)13-30-15(2)25)12-19(34(23,28)29)21(18)33-17-8-6-5-7-9-17/h5-9,11-12,24H,3-4,10,13-14H2,1-2H3,(H2,23,28,29). The van der Waals surface area contributed by atoms with Gasteiger partial charge < -0.3 is 24.3 Å². The van der Waals surface area contributed by atoms with Gasteiger partial charge in [-0.2, -0.15) is 0 Å². The number of hydrogen-bond acceptors (Lipinski definition) is 10. The first-order valence-electron chi connectivity index (χ1n) is 10.3. The Kier molecular flexibility index (Phi) is 9.83. The molecule has 12 heteroatoms. The van der Waals surface area contributed by atoms with Gasteiger partial charge >= 0.3 is 17.9 Å². The zero-order valence-corrected chi connectivity index (χ0v) is 19.6. The number of benzene rings is 2. The number of carbonyl (C=O) groups is 3. The molecule has 2 rings (SSSR count). The molecule has 0 bridgehead atoms. The predicted molar refractivity (Wildman–Crippen MR) is 121 cm³/mol. The van der Waals surface area contributed by atoms with Crippen LogP contribution in [-0.4, -0.2) is 46.3 Å². The molecule has 0 saturated heterocycles. The molecular weight excluding hydrogens is 468 g/mol. The maximum Gasteiger partial charge on any atom is 0.347 e. The van der Waals surface area contributed by atoms with Crippen LogP contribution in [0.4, 0.5) is 5.69 Å². The number of para-hydroxylation sites is 1. The Morgan fingerprint density at radius 1 is 1.03 bits per heavy atom. The quantitative estimate of drug-likeness (QED) is 0.255. The van der Waals surface area contributed by atoms with Crippen LogP contribution >= 0.6 is 0 Å². The molecule has 0 fully saturated rings. The third-order valence-corrected chi connectivity index (χ3v) is 5.13. The Labute approximate surface area is 197 Å². The number of hydrogen-bond donors (Lipinski definition) is 2. The van der Waals surface area contributed by atoms with Crippen molar-refractivity contribution in [1.29, 1.82) is 0 Å². The summed E-state index contributed by atoms with van der Waals surface area (Å²) in [6.45, 7) is 2.16. The highest BCUT2D eigenvalue weighted by Crippen LogP contribution is 2.37. The molecule has 3 N–H and O–H groups in total. The average molecular weight is 495 g/mol. The molecular formula is C22H26N2O9S. The highest BCUT2D eigenvalue weighted by Gasteiger charge is 2.24. The first-order valence-corrected chi connectivity index (χ1v) is 11.8. The van der Waals surface area contributed by atoms with Crippen LogP contribution < -0.4 is 15.2 Å². The Morgan fingerprint density at radius 3 is 2.35 bits per heavy atom. The number of unbranched alkanes of at least 4 members (excludes halogenated alkanes) is 1. The molecule has 2 aromatic rings. The fraction of sp³-hybridized carbons (Fsp3) is 0.318. The lowest BCUT2D eigenvalue weighted by Crippen LogP contribution is -2.19. The summed E-state index contributed by atoms with van der Waals surface area (Å²) in [7, 11) is -4.32. The molecule has 2 aromatic carbocycles. The molecule has 0 atom stereocenters. The smallest absolute Gasteiger partial charge is 0.347 e. The largest absolute Gasteiger partial charge is 0.454 e. The number of sulfonamides is 1. The molecule has 184 valence electrons. The van der Waals surface area contributed by atoms with Crippen LogP contribution in [0.15, 0.2) is 47.4 Å². The van der Waals surface area contributed by atoms with E-state index in [1.165, 1.54) is 6.07 Å². The fourth-order valence-corrected chi connectivity index (χ4v) is 3.31. The van der Waals surface area contributed by atoms with Gasteiger partial charge in [0.25, 0.3) is 0 Å². The maximum atomic E-state index is 12.5. The number of esters is 3. The van der Waals surface area contributed by atoms with Crippen molar-refractivity contribution in [2.45, 2.75) is 31.6 Å². The van der Waals surface area contributed by atoms with Crippen molar-refractivity contribution >= 4 is 33.6 Å². The maximum absolute atomic E-state index is 12.5. The minimum atomic E-state index is -4.32. The third-order valence-electron chi connectivity index (χ3n) is 4.21. The summed E-state index contributed by atoms with van der Waals surface area (Å²) in [5, 5.41) is 8.46. The van der Waals surface area contributed by atoms with Gasteiger partial charge in [-0.1, -0.05) is 31.5 Å². The highest BCUT2D eigenvalue weighted by atomic mass is 32.2. The van der Waals surface area contributed by atoms with Gasteiger partial charge in [-0.15, -0.1) is 0 Å². The molecule has 0 saturated carbocycles. The number of rotatable bonds is 12. The predicted octanol–water partition coefficient (Wildman–Crippen LogP) is 2.56. The molecule has 0 amide bonds. The Bertz CT molecular complexity index is 1120. The van der Waals surface area contributed by atoms with Gasteiger partial charge in [-0.25, -0.2) is 23.1 Å². The van der Waals surface area contributed by atoms with Crippen LogP contribution in [0.2, 0.25) is 0 Å². The van der Waals surface area contributed by atoms with E-state index in [9.17, 15) is 22.8 Å². The summed E-state index contributed by atoms with van der Waals surface area (Å²) < 4.78 is 44.5. The normalized spacial score (nSPS) is 10.8. The second kappa shape index (κ2) is 12.6. The lowest BCUT2D eigenvalue weighted by Gasteiger charge is -2.17. The molecule has 0 radical (unpaired) electrons. The van der Waals surface area contributed by atoms with E-state index in [0.29, 0.717) is 12.3 Å². The summed E-state index contributed by atoms with van der Waals surface area (Å²) in [5.41, 5.74) is 0.0436. The molecule has 0 heterocycles. The number of nitrogens with two attached hydrogens (primary N) is 1. The van der Waals surface area contributed by atoms with Crippen LogP contribution in [0.3, 0.4) is 0 Å². The number of anilines is 1. The molecule has 0 aliphatic carbocycles. The molecule has 0 aromatic heterocycles. The summed E-state index contributed by atoms with van der Waals surface area (Å²) in [6.07, 6.45) is 1.63. The van der Waals surface area contributed by atoms with E-state index in [1.807, 2.05) is 6.92 Å². The van der Waals surface area contributed by atoms with Crippen molar-refractivity contribution in [3.05, 3.63) is 48.0 Å². The Balaban J connectivity index is 2.31. The minimum absolute atomic E-state index is 0.0748. The highest BCUT2D eigenvalue weighted by molar-refractivity contribution is 7.89. The van der Waals surface area contributed by atoms with E-state index < -0.39 is 46.2 Å². The van der Waals surface area contributed by atoms with Crippen LogP contribution in [0, 0.1) is 0 Å². The summed E-state index contributed by atoms with van der Waals surface area (Å²) >= 11 is 0. The second-order valence-electron chi connectivity index (χ2n) is 6.94. The molecule has 0 unspecified atom stereocenters. The zero-order valence-electron chi connectivity index (χ0n) is 18.7. The van der Waals surface area contributed by atoms with E-state index in [4.69, 9.17) is 14.6 Å². The summed E-state index contributed by atoms with van der Waals surface area (Å²) in [6, 6.07) is 10.8. The van der Waals surface area contributed by atoms with Crippen molar-refractivity contribution < 1.29 is 41.7 Å². The number of ether oxygens (including phenoxy) is 4. The number of nitrogens with one attached hydrogen (secondary N) is 1. The van der Waals surface area contributed by atoms with Crippen LogP contribution in [0.5, 0.6) is 11.5 Å². The molecule has 0 aliphatic heterocycles. The zero-order chi connectivity index (χ0) is 25.1. The third kappa shape index (κ3) is 8.37. The monoisotopic (exact) mass is 494 g/mol.